The van der Waals surface area contributed by atoms with Crippen molar-refractivity contribution in [2.45, 2.75) is 32.6 Å². The van der Waals surface area contributed by atoms with Crippen molar-refractivity contribution in [3.05, 3.63) is 11.8 Å². The lowest BCUT2D eigenvalue weighted by molar-refractivity contribution is -0.135. The van der Waals surface area contributed by atoms with Crippen molar-refractivity contribution in [2.75, 3.05) is 0 Å². The molecule has 2 N–H and O–H groups in total. The molecule has 0 saturated carbocycles. The van der Waals surface area contributed by atoms with E-state index in [1.807, 2.05) is 0 Å². The Kier molecular flexibility index (Phi) is 5.25. The number of carbonyl (C=O) groups is 1. The van der Waals surface area contributed by atoms with Gasteiger partial charge in [-0.3, -0.25) is 0 Å². The van der Waals surface area contributed by atoms with Crippen LogP contribution >= 0.6 is 0 Å². The molecule has 0 aliphatic rings. The van der Waals surface area contributed by atoms with Crippen LogP contribution in [0.25, 0.3) is 0 Å². The molecule has 0 aromatic carbocycles. The van der Waals surface area contributed by atoms with Crippen LogP contribution in [0.2, 0.25) is 0 Å². The van der Waals surface area contributed by atoms with E-state index in [0.717, 1.165) is 19.3 Å². The number of aliphatic carboxylic acids is 1. The van der Waals surface area contributed by atoms with Crippen molar-refractivity contribution in [2.24, 2.45) is 0 Å². The molecule has 0 fully saturated rings. The summed E-state index contributed by atoms with van der Waals surface area (Å²) < 4.78 is 0. The predicted octanol–water partition coefficient (Wildman–Crippen LogP) is 2.09. The molecule has 0 unspecified atom stereocenters. The molecule has 0 aromatic rings. The number of hydrogen-bond donors (Lipinski definition) is 2. The summed E-state index contributed by atoms with van der Waals surface area (Å²) in [5.74, 6) is -1.79. The van der Waals surface area contributed by atoms with Gasteiger partial charge in [-0.15, -0.1) is 0 Å². The molecule has 0 amide bonds. The maximum absolute atomic E-state index is 10.0. The minimum absolute atomic E-state index is 0.541. The third-order valence-corrected chi connectivity index (χ3v) is 1.36. The van der Waals surface area contributed by atoms with E-state index in [4.69, 9.17) is 10.2 Å². The van der Waals surface area contributed by atoms with Crippen LogP contribution in [-0.2, 0) is 4.79 Å². The van der Waals surface area contributed by atoms with E-state index < -0.39 is 11.7 Å². The van der Waals surface area contributed by atoms with Crippen LogP contribution in [0.4, 0.5) is 0 Å². The first kappa shape index (κ1) is 10.0. The van der Waals surface area contributed by atoms with Gasteiger partial charge in [0.2, 0.25) is 0 Å². The molecule has 3 nitrogen and oxygen atoms in total. The van der Waals surface area contributed by atoms with E-state index >= 15 is 0 Å². The highest BCUT2D eigenvalue weighted by atomic mass is 16.4. The summed E-state index contributed by atoms with van der Waals surface area (Å²) in [5, 5.41) is 16.9. The summed E-state index contributed by atoms with van der Waals surface area (Å²) in [6.45, 7) is 2.07. The fourth-order valence-corrected chi connectivity index (χ4v) is 0.720. The Hall–Kier alpha value is -0.990. The summed E-state index contributed by atoms with van der Waals surface area (Å²) in [6, 6.07) is 0. The van der Waals surface area contributed by atoms with E-state index in [1.54, 1.807) is 0 Å². The molecule has 0 radical (unpaired) electrons. The first-order chi connectivity index (χ1) is 5.18. The topological polar surface area (TPSA) is 57.5 Å². The number of carboxylic acid groups (broad SMARTS) is 1. The molecule has 0 atom stereocenters. The molecule has 0 aliphatic heterocycles. The molecule has 0 spiro atoms. The summed E-state index contributed by atoms with van der Waals surface area (Å²) in [4.78, 5) is 10.0. The van der Waals surface area contributed by atoms with Gasteiger partial charge in [-0.05, 0) is 18.9 Å². The second kappa shape index (κ2) is 5.77. The van der Waals surface area contributed by atoms with Gasteiger partial charge in [0, 0.05) is 0 Å². The average Bonchev–Trinajstić information content (AvgIpc) is 1.97. The molecule has 0 saturated heterocycles. The molecule has 0 aliphatic carbocycles. The molecular formula is C8H14O3. The fraction of sp³-hybridized carbons (Fsp3) is 0.625. The maximum atomic E-state index is 10.0. The van der Waals surface area contributed by atoms with Crippen molar-refractivity contribution in [1.29, 1.82) is 0 Å². The lowest BCUT2D eigenvalue weighted by Gasteiger charge is -1.93. The Morgan fingerprint density at radius 3 is 2.45 bits per heavy atom. The quantitative estimate of drug-likeness (QED) is 0.366. The standard InChI is InChI=1S/C8H14O3/c1-2-3-4-5-6-7(9)8(10)11/h6,9H,2-5H2,1H3,(H,10,11). The highest BCUT2D eigenvalue weighted by Gasteiger charge is 2.00. The fourth-order valence-electron chi connectivity index (χ4n) is 0.720. The molecular weight excluding hydrogens is 144 g/mol. The first-order valence-electron chi connectivity index (χ1n) is 3.81. The lowest BCUT2D eigenvalue weighted by atomic mass is 10.2. The zero-order chi connectivity index (χ0) is 8.69. The molecule has 0 heterocycles. The van der Waals surface area contributed by atoms with Crippen LogP contribution in [0.15, 0.2) is 11.8 Å². The first-order valence-corrected chi connectivity index (χ1v) is 3.81. The van der Waals surface area contributed by atoms with Gasteiger partial charge in [0.25, 0.3) is 0 Å². The Morgan fingerprint density at radius 2 is 2.00 bits per heavy atom. The van der Waals surface area contributed by atoms with Crippen LogP contribution < -0.4 is 0 Å². The van der Waals surface area contributed by atoms with Gasteiger partial charge < -0.3 is 10.2 Å². The van der Waals surface area contributed by atoms with Crippen LogP contribution in [0, 0.1) is 0 Å². The Morgan fingerprint density at radius 1 is 1.36 bits per heavy atom. The van der Waals surface area contributed by atoms with Gasteiger partial charge in [0.15, 0.2) is 5.76 Å². The largest absolute Gasteiger partial charge is 0.502 e. The maximum Gasteiger partial charge on any atom is 0.370 e. The monoisotopic (exact) mass is 158 g/mol. The van der Waals surface area contributed by atoms with E-state index in [0.29, 0.717) is 6.42 Å². The number of unbranched alkanes of at least 4 members (excludes halogenated alkanes) is 3. The Bertz CT molecular complexity index is 149. The number of hydrogen-bond acceptors (Lipinski definition) is 2. The van der Waals surface area contributed by atoms with Crippen LogP contribution in [0.3, 0.4) is 0 Å². The lowest BCUT2D eigenvalue weighted by Crippen LogP contribution is -1.98. The molecule has 11 heavy (non-hydrogen) atoms. The number of aliphatic hydroxyl groups excluding tert-OH is 1. The Balaban J connectivity index is 3.48. The van der Waals surface area contributed by atoms with Gasteiger partial charge >= 0.3 is 5.97 Å². The van der Waals surface area contributed by atoms with Crippen LogP contribution in [-0.4, -0.2) is 16.2 Å². The molecule has 0 aromatic heterocycles. The molecule has 0 rings (SSSR count). The second-order valence-corrected chi connectivity index (χ2v) is 2.39. The minimum atomic E-state index is -1.25. The van der Waals surface area contributed by atoms with Gasteiger partial charge in [-0.2, -0.15) is 0 Å². The third-order valence-electron chi connectivity index (χ3n) is 1.36. The van der Waals surface area contributed by atoms with Crippen LogP contribution in [0.1, 0.15) is 32.6 Å². The van der Waals surface area contributed by atoms with E-state index in [-0.39, 0.29) is 0 Å². The highest BCUT2D eigenvalue weighted by Crippen LogP contribution is 2.01. The van der Waals surface area contributed by atoms with Crippen LogP contribution in [0.5, 0.6) is 0 Å². The van der Waals surface area contributed by atoms with E-state index in [9.17, 15) is 4.79 Å². The third kappa shape index (κ3) is 5.45. The van der Waals surface area contributed by atoms with Gasteiger partial charge in [0.05, 0.1) is 0 Å². The zero-order valence-electron chi connectivity index (χ0n) is 6.71. The number of aliphatic hydroxyl groups is 1. The predicted molar refractivity (Wildman–Crippen MR) is 42.5 cm³/mol. The Labute approximate surface area is 66.4 Å². The molecule has 64 valence electrons. The average molecular weight is 158 g/mol. The number of rotatable bonds is 5. The number of carboxylic acids is 1. The van der Waals surface area contributed by atoms with Crippen molar-refractivity contribution < 1.29 is 15.0 Å². The van der Waals surface area contributed by atoms with E-state index in [1.165, 1.54) is 6.08 Å². The zero-order valence-corrected chi connectivity index (χ0v) is 6.71. The van der Waals surface area contributed by atoms with Gasteiger partial charge in [0.1, 0.15) is 0 Å². The normalized spacial score (nSPS) is 11.5. The SMILES string of the molecule is CCCCCC=C(O)C(=O)O. The summed E-state index contributed by atoms with van der Waals surface area (Å²) in [7, 11) is 0. The smallest absolute Gasteiger partial charge is 0.370 e. The minimum Gasteiger partial charge on any atom is -0.502 e. The van der Waals surface area contributed by atoms with Crippen molar-refractivity contribution in [3.8, 4) is 0 Å². The van der Waals surface area contributed by atoms with E-state index in [2.05, 4.69) is 6.92 Å². The second-order valence-electron chi connectivity index (χ2n) is 2.39. The van der Waals surface area contributed by atoms with Gasteiger partial charge in [-0.1, -0.05) is 19.8 Å². The van der Waals surface area contributed by atoms with Crippen molar-refractivity contribution >= 4 is 5.97 Å². The summed E-state index contributed by atoms with van der Waals surface area (Å²) in [6.07, 6.45) is 5.10. The van der Waals surface area contributed by atoms with Crippen molar-refractivity contribution in [3.63, 3.8) is 0 Å². The molecule has 3 heteroatoms. The highest BCUT2D eigenvalue weighted by molar-refractivity contribution is 5.83. The summed E-state index contributed by atoms with van der Waals surface area (Å²) in [5.41, 5.74) is 0. The summed E-state index contributed by atoms with van der Waals surface area (Å²) >= 11 is 0. The van der Waals surface area contributed by atoms with Crippen molar-refractivity contribution in [1.82, 2.24) is 0 Å². The molecule has 0 bridgehead atoms. The number of allylic oxidation sites excluding steroid dienone is 1. The van der Waals surface area contributed by atoms with Gasteiger partial charge in [-0.25, -0.2) is 4.79 Å².